The standard InChI is InChI=1S/C12H26N2/c1-5-12(7-13)14-8-9(2)6-10(3)11(14)4/h9-12H,5-8,13H2,1-4H3. The van der Waals surface area contributed by atoms with Crippen molar-refractivity contribution in [2.24, 2.45) is 17.6 Å². The molecule has 0 bridgehead atoms. The fourth-order valence-electron chi connectivity index (χ4n) is 2.78. The van der Waals surface area contributed by atoms with E-state index in [4.69, 9.17) is 5.73 Å². The van der Waals surface area contributed by atoms with Gasteiger partial charge in [-0.15, -0.1) is 0 Å². The maximum atomic E-state index is 5.83. The SMILES string of the molecule is CCC(CN)N1CC(C)CC(C)C1C. The summed E-state index contributed by atoms with van der Waals surface area (Å²) in [6.45, 7) is 11.4. The van der Waals surface area contributed by atoms with Gasteiger partial charge in [0, 0.05) is 25.2 Å². The topological polar surface area (TPSA) is 29.3 Å². The van der Waals surface area contributed by atoms with Crippen molar-refractivity contribution in [3.05, 3.63) is 0 Å². The summed E-state index contributed by atoms with van der Waals surface area (Å²) < 4.78 is 0. The van der Waals surface area contributed by atoms with Gasteiger partial charge >= 0.3 is 0 Å². The smallest absolute Gasteiger partial charge is 0.0218 e. The number of nitrogens with two attached hydrogens (primary N) is 1. The molecule has 2 heteroatoms. The molecule has 1 saturated heterocycles. The van der Waals surface area contributed by atoms with Gasteiger partial charge in [0.25, 0.3) is 0 Å². The van der Waals surface area contributed by atoms with Crippen LogP contribution in [0.2, 0.25) is 0 Å². The normalized spacial score (nSPS) is 37.1. The molecule has 0 aromatic carbocycles. The van der Waals surface area contributed by atoms with Gasteiger partial charge in [0.1, 0.15) is 0 Å². The van der Waals surface area contributed by atoms with Crippen molar-refractivity contribution in [1.82, 2.24) is 4.90 Å². The highest BCUT2D eigenvalue weighted by molar-refractivity contribution is 4.86. The van der Waals surface area contributed by atoms with Gasteiger partial charge < -0.3 is 5.73 Å². The van der Waals surface area contributed by atoms with E-state index in [0.29, 0.717) is 12.1 Å². The van der Waals surface area contributed by atoms with Gasteiger partial charge in [-0.2, -0.15) is 0 Å². The molecule has 0 aliphatic carbocycles. The van der Waals surface area contributed by atoms with Gasteiger partial charge in [0.2, 0.25) is 0 Å². The van der Waals surface area contributed by atoms with E-state index < -0.39 is 0 Å². The summed E-state index contributed by atoms with van der Waals surface area (Å²) in [5.74, 6) is 1.65. The largest absolute Gasteiger partial charge is 0.329 e. The minimum Gasteiger partial charge on any atom is -0.329 e. The fourth-order valence-corrected chi connectivity index (χ4v) is 2.78. The molecular formula is C12H26N2. The molecule has 0 aromatic heterocycles. The molecule has 1 fully saturated rings. The van der Waals surface area contributed by atoms with Crippen LogP contribution in [0.25, 0.3) is 0 Å². The lowest BCUT2D eigenvalue weighted by atomic mass is 9.84. The molecule has 14 heavy (non-hydrogen) atoms. The van der Waals surface area contributed by atoms with Crippen LogP contribution in [0.15, 0.2) is 0 Å². The van der Waals surface area contributed by atoms with Crippen LogP contribution in [-0.2, 0) is 0 Å². The van der Waals surface area contributed by atoms with Crippen molar-refractivity contribution in [3.63, 3.8) is 0 Å². The summed E-state index contributed by atoms with van der Waals surface area (Å²) >= 11 is 0. The lowest BCUT2D eigenvalue weighted by molar-refractivity contribution is 0.0416. The predicted molar refractivity (Wildman–Crippen MR) is 62.2 cm³/mol. The minimum absolute atomic E-state index is 0.593. The van der Waals surface area contributed by atoms with Crippen molar-refractivity contribution in [3.8, 4) is 0 Å². The van der Waals surface area contributed by atoms with Gasteiger partial charge in [-0.3, -0.25) is 4.90 Å². The van der Waals surface area contributed by atoms with E-state index in [1.165, 1.54) is 19.4 Å². The van der Waals surface area contributed by atoms with Crippen LogP contribution < -0.4 is 5.73 Å². The average molecular weight is 198 g/mol. The van der Waals surface area contributed by atoms with E-state index in [-0.39, 0.29) is 0 Å². The summed E-state index contributed by atoms with van der Waals surface area (Å²) in [6, 6.07) is 1.30. The second kappa shape index (κ2) is 5.13. The first-order valence-electron chi connectivity index (χ1n) is 6.05. The summed E-state index contributed by atoms with van der Waals surface area (Å²) in [4.78, 5) is 2.62. The Morgan fingerprint density at radius 3 is 2.50 bits per heavy atom. The van der Waals surface area contributed by atoms with E-state index in [1.54, 1.807) is 0 Å². The van der Waals surface area contributed by atoms with Crippen LogP contribution in [0.1, 0.15) is 40.5 Å². The molecule has 2 N–H and O–H groups in total. The van der Waals surface area contributed by atoms with E-state index in [2.05, 4.69) is 32.6 Å². The predicted octanol–water partition coefficient (Wildman–Crippen LogP) is 2.09. The highest BCUT2D eigenvalue weighted by Crippen LogP contribution is 2.28. The molecule has 0 aromatic rings. The van der Waals surface area contributed by atoms with Gasteiger partial charge in [-0.1, -0.05) is 20.8 Å². The third kappa shape index (κ3) is 2.48. The highest BCUT2D eigenvalue weighted by atomic mass is 15.2. The molecule has 0 amide bonds. The Hall–Kier alpha value is -0.0800. The Morgan fingerprint density at radius 2 is 2.00 bits per heavy atom. The molecule has 1 aliphatic rings. The molecule has 1 heterocycles. The lowest BCUT2D eigenvalue weighted by Crippen LogP contribution is -2.52. The van der Waals surface area contributed by atoms with E-state index in [1.807, 2.05) is 0 Å². The van der Waals surface area contributed by atoms with E-state index in [9.17, 15) is 0 Å². The van der Waals surface area contributed by atoms with Crippen LogP contribution in [-0.4, -0.2) is 30.1 Å². The highest BCUT2D eigenvalue weighted by Gasteiger charge is 2.31. The molecule has 0 saturated carbocycles. The lowest BCUT2D eigenvalue weighted by Gasteiger charge is -2.45. The molecular weight excluding hydrogens is 172 g/mol. The minimum atomic E-state index is 0.593. The number of nitrogens with zero attached hydrogens (tertiary/aromatic N) is 1. The first-order valence-corrected chi connectivity index (χ1v) is 6.05. The Bertz CT molecular complexity index is 164. The molecule has 0 radical (unpaired) electrons. The van der Waals surface area contributed by atoms with Gasteiger partial charge in [-0.05, 0) is 31.6 Å². The van der Waals surface area contributed by atoms with E-state index >= 15 is 0 Å². The molecule has 84 valence electrons. The molecule has 2 nitrogen and oxygen atoms in total. The number of piperidine rings is 1. The fraction of sp³-hybridized carbons (Fsp3) is 1.00. The van der Waals surface area contributed by atoms with Gasteiger partial charge in [-0.25, -0.2) is 0 Å². The second-order valence-corrected chi connectivity index (χ2v) is 5.05. The summed E-state index contributed by atoms with van der Waals surface area (Å²) in [7, 11) is 0. The first-order chi connectivity index (χ1) is 6.60. The molecule has 4 unspecified atom stereocenters. The zero-order valence-electron chi connectivity index (χ0n) is 10.2. The second-order valence-electron chi connectivity index (χ2n) is 5.05. The van der Waals surface area contributed by atoms with Crippen molar-refractivity contribution in [2.75, 3.05) is 13.1 Å². The Kier molecular flexibility index (Phi) is 4.39. The van der Waals surface area contributed by atoms with Crippen LogP contribution in [0.5, 0.6) is 0 Å². The Morgan fingerprint density at radius 1 is 1.36 bits per heavy atom. The zero-order valence-corrected chi connectivity index (χ0v) is 10.2. The Balaban J connectivity index is 2.64. The average Bonchev–Trinajstić information content (AvgIpc) is 2.15. The Labute approximate surface area is 88.8 Å². The van der Waals surface area contributed by atoms with Crippen LogP contribution in [0.4, 0.5) is 0 Å². The number of likely N-dealkylation sites (tertiary alicyclic amines) is 1. The van der Waals surface area contributed by atoms with Gasteiger partial charge in [0.05, 0.1) is 0 Å². The summed E-state index contributed by atoms with van der Waals surface area (Å²) in [5.41, 5.74) is 5.83. The van der Waals surface area contributed by atoms with Crippen molar-refractivity contribution in [1.29, 1.82) is 0 Å². The third-order valence-electron chi connectivity index (χ3n) is 3.86. The molecule has 0 spiro atoms. The first kappa shape index (κ1) is 12.0. The zero-order chi connectivity index (χ0) is 10.7. The van der Waals surface area contributed by atoms with Crippen LogP contribution >= 0.6 is 0 Å². The van der Waals surface area contributed by atoms with Crippen molar-refractivity contribution >= 4 is 0 Å². The molecule has 1 aliphatic heterocycles. The maximum absolute atomic E-state index is 5.83. The summed E-state index contributed by atoms with van der Waals surface area (Å²) in [6.07, 6.45) is 2.55. The van der Waals surface area contributed by atoms with Crippen molar-refractivity contribution < 1.29 is 0 Å². The monoisotopic (exact) mass is 198 g/mol. The number of hydrogen-bond donors (Lipinski definition) is 1. The third-order valence-corrected chi connectivity index (χ3v) is 3.86. The van der Waals surface area contributed by atoms with Crippen LogP contribution in [0, 0.1) is 11.8 Å². The summed E-state index contributed by atoms with van der Waals surface area (Å²) in [5, 5.41) is 0. The van der Waals surface area contributed by atoms with Gasteiger partial charge in [0.15, 0.2) is 0 Å². The molecule has 1 rings (SSSR count). The number of hydrogen-bond acceptors (Lipinski definition) is 2. The quantitative estimate of drug-likeness (QED) is 0.752. The number of rotatable bonds is 3. The maximum Gasteiger partial charge on any atom is 0.0218 e. The van der Waals surface area contributed by atoms with Crippen molar-refractivity contribution in [2.45, 2.75) is 52.6 Å². The van der Waals surface area contributed by atoms with Crippen LogP contribution in [0.3, 0.4) is 0 Å². The molecule has 4 atom stereocenters. The van der Waals surface area contributed by atoms with E-state index in [0.717, 1.165) is 18.4 Å².